The van der Waals surface area contributed by atoms with E-state index in [1.165, 1.54) is 16.8 Å². The van der Waals surface area contributed by atoms with Crippen LogP contribution in [0.5, 0.6) is 0 Å². The molecule has 1 amide bonds. The number of rotatable bonds is 4. The molecule has 0 aliphatic carbocycles. The van der Waals surface area contributed by atoms with Crippen molar-refractivity contribution < 1.29 is 40.6 Å². The van der Waals surface area contributed by atoms with Crippen molar-refractivity contribution >= 4 is 11.8 Å². The molecule has 5 rings (SSSR count). The largest absolute Gasteiger partial charge is 0.434 e. The van der Waals surface area contributed by atoms with Crippen LogP contribution in [0.2, 0.25) is 0 Å². The number of hydrogen-bond acceptors (Lipinski definition) is 5. The number of anilines is 1. The summed E-state index contributed by atoms with van der Waals surface area (Å²) in [7, 11) is 0. The van der Waals surface area contributed by atoms with E-state index in [9.17, 15) is 31.1 Å². The van der Waals surface area contributed by atoms with Crippen LogP contribution >= 0.6 is 0 Å². The van der Waals surface area contributed by atoms with Crippen LogP contribution < -0.4 is 4.90 Å². The summed E-state index contributed by atoms with van der Waals surface area (Å²) >= 11 is 0. The van der Waals surface area contributed by atoms with E-state index in [-0.39, 0.29) is 18.6 Å². The second kappa shape index (κ2) is 10.1. The number of carbonyl (C=O) groups is 1. The van der Waals surface area contributed by atoms with E-state index < -0.39 is 24.5 Å². The molecular weight excluding hydrogens is 516 g/mol. The van der Waals surface area contributed by atoms with Crippen LogP contribution in [0, 0.1) is 18.8 Å². The molecule has 4 heterocycles. The van der Waals surface area contributed by atoms with Gasteiger partial charge in [-0.3, -0.25) is 4.90 Å². The third kappa shape index (κ3) is 5.57. The molecule has 4 saturated heterocycles. The van der Waals surface area contributed by atoms with Crippen molar-refractivity contribution in [3.05, 3.63) is 29.3 Å². The Kier molecular flexibility index (Phi) is 7.25. The minimum absolute atomic E-state index is 0.0511. The standard InChI is InChI=1S/C26H33F6N3O3/c1-17-9-18(11-21(10-17)34-13-19-15-37-16-20(19)14-34)12-35-6-2-3-24(35)4-7-33(8-5-24)23(36)38-22(25(27,28)29)26(30,31)32/h9-11,19-20,22H,2-8,12-16H2,1H3. The van der Waals surface area contributed by atoms with Gasteiger partial charge >= 0.3 is 18.4 Å². The number of carbonyl (C=O) groups excluding carboxylic acids is 1. The molecule has 0 radical (unpaired) electrons. The molecule has 4 aliphatic heterocycles. The zero-order chi connectivity index (χ0) is 27.3. The van der Waals surface area contributed by atoms with Gasteiger partial charge in [-0.1, -0.05) is 6.07 Å². The van der Waals surface area contributed by atoms with Crippen molar-refractivity contribution in [1.82, 2.24) is 9.80 Å². The maximum Gasteiger partial charge on any atom is 0.434 e. The van der Waals surface area contributed by atoms with Gasteiger partial charge in [0.15, 0.2) is 0 Å². The fourth-order valence-electron chi connectivity index (χ4n) is 6.64. The van der Waals surface area contributed by atoms with Crippen LogP contribution in [0.1, 0.15) is 36.8 Å². The van der Waals surface area contributed by atoms with Gasteiger partial charge < -0.3 is 19.3 Å². The quantitative estimate of drug-likeness (QED) is 0.487. The van der Waals surface area contributed by atoms with Crippen molar-refractivity contribution in [2.75, 3.05) is 50.8 Å². The van der Waals surface area contributed by atoms with Crippen molar-refractivity contribution in [2.24, 2.45) is 11.8 Å². The summed E-state index contributed by atoms with van der Waals surface area (Å²) in [5.74, 6) is 1.14. The van der Waals surface area contributed by atoms with E-state index in [0.717, 1.165) is 50.6 Å². The Labute approximate surface area is 217 Å². The zero-order valence-electron chi connectivity index (χ0n) is 21.3. The number of benzene rings is 1. The number of nitrogens with zero attached hydrogens (tertiary/aromatic N) is 3. The molecule has 2 atom stereocenters. The summed E-state index contributed by atoms with van der Waals surface area (Å²) in [5, 5.41) is 0. The third-order valence-electron chi connectivity index (χ3n) is 8.61. The molecule has 0 saturated carbocycles. The lowest BCUT2D eigenvalue weighted by molar-refractivity contribution is -0.308. The van der Waals surface area contributed by atoms with E-state index >= 15 is 0 Å². The van der Waals surface area contributed by atoms with Crippen molar-refractivity contribution in [2.45, 2.75) is 63.1 Å². The average molecular weight is 550 g/mol. The van der Waals surface area contributed by atoms with Crippen LogP contribution in [0.4, 0.5) is 36.8 Å². The number of fused-ring (bicyclic) bond motifs is 1. The topological polar surface area (TPSA) is 45.2 Å². The summed E-state index contributed by atoms with van der Waals surface area (Å²) < 4.78 is 86.5. The zero-order valence-corrected chi connectivity index (χ0v) is 21.3. The second-order valence-electron chi connectivity index (χ2n) is 11.2. The number of piperidine rings is 1. The molecule has 0 aromatic heterocycles. The van der Waals surface area contributed by atoms with Gasteiger partial charge in [-0.05, 0) is 62.4 Å². The first-order valence-electron chi connectivity index (χ1n) is 13.1. The van der Waals surface area contributed by atoms with Gasteiger partial charge in [0.2, 0.25) is 0 Å². The van der Waals surface area contributed by atoms with E-state index in [1.807, 2.05) is 0 Å². The Morgan fingerprint density at radius 2 is 1.63 bits per heavy atom. The number of aryl methyl sites for hydroxylation is 1. The van der Waals surface area contributed by atoms with Crippen LogP contribution in [0.15, 0.2) is 18.2 Å². The molecule has 212 valence electrons. The van der Waals surface area contributed by atoms with Crippen LogP contribution in [-0.2, 0) is 16.0 Å². The second-order valence-corrected chi connectivity index (χ2v) is 11.2. The summed E-state index contributed by atoms with van der Waals surface area (Å²) in [6.07, 6.45) is -14.4. The number of ether oxygens (including phenoxy) is 2. The Morgan fingerprint density at radius 3 is 2.24 bits per heavy atom. The monoisotopic (exact) mass is 549 g/mol. The lowest BCUT2D eigenvalue weighted by atomic mass is 9.85. The molecule has 4 fully saturated rings. The Bertz CT molecular complexity index is 998. The van der Waals surface area contributed by atoms with Crippen LogP contribution in [0.25, 0.3) is 0 Å². The lowest BCUT2D eigenvalue weighted by Gasteiger charge is -2.45. The van der Waals surface area contributed by atoms with Crippen LogP contribution in [0.3, 0.4) is 0 Å². The van der Waals surface area contributed by atoms with Crippen molar-refractivity contribution in [3.8, 4) is 0 Å². The first-order valence-corrected chi connectivity index (χ1v) is 13.1. The molecule has 1 aromatic rings. The lowest BCUT2D eigenvalue weighted by Crippen LogP contribution is -2.54. The third-order valence-corrected chi connectivity index (χ3v) is 8.61. The van der Waals surface area contributed by atoms with E-state index in [2.05, 4.69) is 39.7 Å². The SMILES string of the molecule is Cc1cc(CN2CCCC23CCN(C(=O)OC(C(F)(F)F)C(F)(F)F)CC3)cc(N2CC3COCC3C2)c1. The van der Waals surface area contributed by atoms with E-state index in [0.29, 0.717) is 31.2 Å². The molecule has 6 nitrogen and oxygen atoms in total. The number of likely N-dealkylation sites (tertiary alicyclic amines) is 2. The molecule has 1 aromatic carbocycles. The average Bonchev–Trinajstić information content (AvgIpc) is 3.52. The molecule has 2 unspecified atom stereocenters. The smallest absolute Gasteiger partial charge is 0.426 e. The van der Waals surface area contributed by atoms with Gasteiger partial charge in [0.1, 0.15) is 0 Å². The highest BCUT2D eigenvalue weighted by Crippen LogP contribution is 2.41. The molecule has 0 N–H and O–H groups in total. The highest BCUT2D eigenvalue weighted by atomic mass is 19.4. The highest BCUT2D eigenvalue weighted by Gasteiger charge is 2.60. The molecule has 1 spiro atoms. The fourth-order valence-corrected chi connectivity index (χ4v) is 6.64. The summed E-state index contributed by atoms with van der Waals surface area (Å²) in [6.45, 7) is 7.32. The van der Waals surface area contributed by atoms with Gasteiger partial charge in [-0.25, -0.2) is 4.79 Å². The number of alkyl halides is 6. The molecule has 38 heavy (non-hydrogen) atoms. The van der Waals surface area contributed by atoms with Gasteiger partial charge in [0, 0.05) is 55.8 Å². The van der Waals surface area contributed by atoms with Crippen molar-refractivity contribution in [3.63, 3.8) is 0 Å². The number of hydrogen-bond donors (Lipinski definition) is 0. The van der Waals surface area contributed by atoms with Crippen molar-refractivity contribution in [1.29, 1.82) is 0 Å². The molecule has 4 aliphatic rings. The Morgan fingerprint density at radius 1 is 1.00 bits per heavy atom. The molecule has 12 heteroatoms. The maximum absolute atomic E-state index is 12.8. The number of halogens is 6. The summed E-state index contributed by atoms with van der Waals surface area (Å²) in [6, 6.07) is 6.59. The van der Waals surface area contributed by atoms with E-state index in [4.69, 9.17) is 4.74 Å². The van der Waals surface area contributed by atoms with Gasteiger partial charge in [-0.15, -0.1) is 0 Å². The summed E-state index contributed by atoms with van der Waals surface area (Å²) in [4.78, 5) is 18.0. The Hall–Kier alpha value is -2.21. The predicted molar refractivity (Wildman–Crippen MR) is 127 cm³/mol. The maximum atomic E-state index is 12.8. The first kappa shape index (κ1) is 27.4. The van der Waals surface area contributed by atoms with Crippen LogP contribution in [-0.4, -0.2) is 85.8 Å². The predicted octanol–water partition coefficient (Wildman–Crippen LogP) is 5.14. The van der Waals surface area contributed by atoms with E-state index in [1.54, 1.807) is 0 Å². The first-order chi connectivity index (χ1) is 17.8. The highest BCUT2D eigenvalue weighted by molar-refractivity contribution is 5.68. The normalized spacial score (nSPS) is 26.0. The minimum atomic E-state index is -5.72. The summed E-state index contributed by atoms with van der Waals surface area (Å²) in [5.41, 5.74) is 3.30. The van der Waals surface area contributed by atoms with Gasteiger partial charge in [-0.2, -0.15) is 26.3 Å². The molecule has 0 bridgehead atoms. The Balaban J connectivity index is 1.22. The minimum Gasteiger partial charge on any atom is -0.426 e. The van der Waals surface area contributed by atoms with Gasteiger partial charge in [0.25, 0.3) is 6.10 Å². The number of amides is 1. The molecular formula is C26H33F6N3O3. The van der Waals surface area contributed by atoms with Gasteiger partial charge in [0.05, 0.1) is 13.2 Å². The fraction of sp³-hybridized carbons (Fsp3) is 0.731.